The van der Waals surface area contributed by atoms with Crippen molar-refractivity contribution >= 4 is 12.2 Å². The summed E-state index contributed by atoms with van der Waals surface area (Å²) >= 11 is 0. The maximum absolute atomic E-state index is 11.7. The molecular weight excluding hydrogens is 194 g/mol. The Morgan fingerprint density at radius 3 is 2.33 bits per heavy atom. The number of carbonyl (C=O) groups is 2. The smallest absolute Gasteiger partial charge is 0.256 e. The summed E-state index contributed by atoms with van der Waals surface area (Å²) < 4.78 is 4.80. The van der Waals surface area contributed by atoms with Gasteiger partial charge >= 0.3 is 0 Å². The predicted molar refractivity (Wildman–Crippen MR) is 58.1 cm³/mol. The average Bonchev–Trinajstić information content (AvgIpc) is 2.25. The van der Waals surface area contributed by atoms with E-state index < -0.39 is 0 Å². The van der Waals surface area contributed by atoms with Crippen molar-refractivity contribution in [3.63, 3.8) is 0 Å². The summed E-state index contributed by atoms with van der Waals surface area (Å²) in [6, 6.07) is 0. The number of rotatable bonds is 6. The Kier molecular flexibility index (Phi) is 5.97. The van der Waals surface area contributed by atoms with Crippen LogP contribution in [-0.4, -0.2) is 38.0 Å². The fraction of sp³-hybridized carbons (Fsp3) is 0.273. The average molecular weight is 209 g/mol. The summed E-state index contributed by atoms with van der Waals surface area (Å²) in [7, 11) is 3.05. The zero-order valence-corrected chi connectivity index (χ0v) is 9.03. The molecule has 4 heteroatoms. The molecule has 0 aliphatic rings. The van der Waals surface area contributed by atoms with Gasteiger partial charge in [0.15, 0.2) is 6.29 Å². The van der Waals surface area contributed by atoms with Crippen molar-refractivity contribution in [3.05, 3.63) is 36.5 Å². The second-order valence-electron chi connectivity index (χ2n) is 2.82. The molecule has 0 aromatic carbocycles. The van der Waals surface area contributed by atoms with Gasteiger partial charge in [0.05, 0.1) is 0 Å². The molecule has 0 spiro atoms. The van der Waals surface area contributed by atoms with E-state index in [0.29, 0.717) is 6.29 Å². The maximum Gasteiger partial charge on any atom is 0.256 e. The molecule has 15 heavy (non-hydrogen) atoms. The summed E-state index contributed by atoms with van der Waals surface area (Å²) in [4.78, 5) is 23.7. The molecule has 0 saturated carbocycles. The van der Waals surface area contributed by atoms with Crippen LogP contribution < -0.4 is 0 Å². The minimum atomic E-state index is -0.325. The van der Waals surface area contributed by atoms with Crippen LogP contribution >= 0.6 is 0 Å². The molecule has 0 aromatic heterocycles. The molecule has 82 valence electrons. The van der Waals surface area contributed by atoms with Gasteiger partial charge in [0.1, 0.15) is 6.73 Å². The molecule has 0 fully saturated rings. The first kappa shape index (κ1) is 13.3. The molecule has 0 rings (SSSR count). The lowest BCUT2D eigenvalue weighted by atomic mass is 10.1. The lowest BCUT2D eigenvalue weighted by Crippen LogP contribution is -2.30. The van der Waals surface area contributed by atoms with Crippen LogP contribution in [0, 0.1) is 0 Å². The van der Waals surface area contributed by atoms with E-state index in [1.807, 2.05) is 0 Å². The van der Waals surface area contributed by atoms with E-state index >= 15 is 0 Å². The monoisotopic (exact) mass is 209 g/mol. The molecule has 0 atom stereocenters. The van der Waals surface area contributed by atoms with Crippen LogP contribution in [0.1, 0.15) is 0 Å². The molecule has 0 bridgehead atoms. The zero-order valence-electron chi connectivity index (χ0n) is 9.03. The van der Waals surface area contributed by atoms with Gasteiger partial charge in [-0.1, -0.05) is 25.3 Å². The predicted octanol–water partition coefficient (Wildman–Crippen LogP) is 0.916. The standard InChI is InChI=1S/C11H15NO3/c1-5-9(7-13)10(6-2)11(14)12(3)8-15-4/h5-7H,1-2,8H2,3-4H3/b10-9-. The number of nitrogens with zero attached hydrogens (tertiary/aromatic N) is 1. The number of hydrogen-bond donors (Lipinski definition) is 0. The van der Waals surface area contributed by atoms with Crippen LogP contribution in [0.15, 0.2) is 36.5 Å². The summed E-state index contributed by atoms with van der Waals surface area (Å²) in [5.74, 6) is -0.325. The Hall–Kier alpha value is -1.68. The third-order valence-electron chi connectivity index (χ3n) is 1.76. The Labute approximate surface area is 89.5 Å². The van der Waals surface area contributed by atoms with E-state index in [0.717, 1.165) is 0 Å². The number of allylic oxidation sites excluding steroid dienone is 2. The normalized spacial score (nSPS) is 11.3. The second kappa shape index (κ2) is 6.73. The number of methoxy groups -OCH3 is 1. The van der Waals surface area contributed by atoms with Crippen molar-refractivity contribution in [1.82, 2.24) is 4.90 Å². The summed E-state index contributed by atoms with van der Waals surface area (Å²) in [6.45, 7) is 7.09. The van der Waals surface area contributed by atoms with Gasteiger partial charge in [-0.2, -0.15) is 0 Å². The fourth-order valence-electron chi connectivity index (χ4n) is 1.01. The van der Waals surface area contributed by atoms with Gasteiger partial charge in [-0.3, -0.25) is 9.59 Å². The van der Waals surface area contributed by atoms with Crippen molar-refractivity contribution in [3.8, 4) is 0 Å². The first-order valence-corrected chi connectivity index (χ1v) is 4.31. The van der Waals surface area contributed by atoms with E-state index in [4.69, 9.17) is 4.74 Å². The highest BCUT2D eigenvalue weighted by atomic mass is 16.5. The van der Waals surface area contributed by atoms with E-state index in [2.05, 4.69) is 13.2 Å². The SMILES string of the molecule is C=C/C(C=O)=C(\C=C)C(=O)N(C)COC. The summed E-state index contributed by atoms with van der Waals surface area (Å²) in [5, 5.41) is 0. The molecule has 0 unspecified atom stereocenters. The van der Waals surface area contributed by atoms with Crippen LogP contribution in [0.3, 0.4) is 0 Å². The minimum Gasteiger partial charge on any atom is -0.364 e. The van der Waals surface area contributed by atoms with Crippen LogP contribution in [0.2, 0.25) is 0 Å². The Balaban J connectivity index is 5.05. The largest absolute Gasteiger partial charge is 0.364 e. The van der Waals surface area contributed by atoms with Crippen molar-refractivity contribution in [1.29, 1.82) is 0 Å². The van der Waals surface area contributed by atoms with Crippen molar-refractivity contribution in [2.75, 3.05) is 20.9 Å². The first-order chi connectivity index (χ1) is 7.12. The Bertz CT molecular complexity index is 295. The van der Waals surface area contributed by atoms with Gasteiger partial charge in [-0.05, 0) is 0 Å². The Morgan fingerprint density at radius 2 is 2.00 bits per heavy atom. The molecule has 4 nitrogen and oxygen atoms in total. The lowest BCUT2D eigenvalue weighted by molar-refractivity contribution is -0.129. The van der Waals surface area contributed by atoms with Crippen LogP contribution in [0.5, 0.6) is 0 Å². The van der Waals surface area contributed by atoms with Gasteiger partial charge in [0.2, 0.25) is 0 Å². The number of hydrogen-bond acceptors (Lipinski definition) is 3. The third-order valence-corrected chi connectivity index (χ3v) is 1.76. The lowest BCUT2D eigenvalue weighted by Gasteiger charge is -2.16. The first-order valence-electron chi connectivity index (χ1n) is 4.31. The highest BCUT2D eigenvalue weighted by Crippen LogP contribution is 2.08. The number of ether oxygens (including phenoxy) is 1. The van der Waals surface area contributed by atoms with Gasteiger partial charge in [0.25, 0.3) is 5.91 Å². The quantitative estimate of drug-likeness (QED) is 0.283. The molecule has 0 heterocycles. The van der Waals surface area contributed by atoms with Crippen LogP contribution in [-0.2, 0) is 14.3 Å². The Morgan fingerprint density at radius 1 is 1.40 bits per heavy atom. The molecule has 0 aliphatic carbocycles. The number of aldehydes is 1. The van der Waals surface area contributed by atoms with Crippen molar-refractivity contribution in [2.24, 2.45) is 0 Å². The van der Waals surface area contributed by atoms with Crippen molar-refractivity contribution < 1.29 is 14.3 Å². The third kappa shape index (κ3) is 3.52. The molecule has 1 amide bonds. The molecule has 0 radical (unpaired) electrons. The molecule has 0 N–H and O–H groups in total. The van der Waals surface area contributed by atoms with Crippen LogP contribution in [0.25, 0.3) is 0 Å². The van der Waals surface area contributed by atoms with E-state index in [1.54, 1.807) is 7.05 Å². The second-order valence-corrected chi connectivity index (χ2v) is 2.82. The number of carbonyl (C=O) groups excluding carboxylic acids is 2. The van der Waals surface area contributed by atoms with Gasteiger partial charge in [0, 0.05) is 25.3 Å². The van der Waals surface area contributed by atoms with E-state index in [-0.39, 0.29) is 23.8 Å². The fourth-order valence-corrected chi connectivity index (χ4v) is 1.01. The highest BCUT2D eigenvalue weighted by molar-refractivity contribution is 6.02. The number of likely N-dealkylation sites (N-methyl/N-ethyl adjacent to an activating group) is 1. The molecular formula is C11H15NO3. The minimum absolute atomic E-state index is 0.152. The topological polar surface area (TPSA) is 46.6 Å². The molecule has 0 saturated heterocycles. The number of amides is 1. The van der Waals surface area contributed by atoms with E-state index in [9.17, 15) is 9.59 Å². The van der Waals surface area contributed by atoms with Gasteiger partial charge < -0.3 is 9.64 Å². The maximum atomic E-state index is 11.7. The van der Waals surface area contributed by atoms with Crippen molar-refractivity contribution in [2.45, 2.75) is 0 Å². The molecule has 0 aliphatic heterocycles. The summed E-state index contributed by atoms with van der Waals surface area (Å²) in [5.41, 5.74) is 0.442. The van der Waals surface area contributed by atoms with Gasteiger partial charge in [-0.25, -0.2) is 0 Å². The van der Waals surface area contributed by atoms with E-state index in [1.165, 1.54) is 24.2 Å². The van der Waals surface area contributed by atoms with Crippen LogP contribution in [0.4, 0.5) is 0 Å². The molecule has 0 aromatic rings. The highest BCUT2D eigenvalue weighted by Gasteiger charge is 2.14. The zero-order chi connectivity index (χ0) is 11.8. The van der Waals surface area contributed by atoms with Gasteiger partial charge in [-0.15, -0.1) is 0 Å². The summed E-state index contributed by atoms with van der Waals surface area (Å²) in [6.07, 6.45) is 3.23.